The standard InChI is InChI=1S/C28H26N4/c1-5-24(12-11-21(2)25-9-7-6-8-10-25)22(3)31-28(27-15-19-30-20-16-27)32-23(4)26-13-17-29-18-14-26/h5-20H,1,4H2,2-3H3/b21-11+,24-12+,31-22?,32-28?. The van der Waals surface area contributed by atoms with E-state index in [9.17, 15) is 0 Å². The number of hydrogen-bond donors (Lipinski definition) is 0. The fourth-order valence-corrected chi connectivity index (χ4v) is 2.96. The maximum Gasteiger partial charge on any atom is 0.160 e. The summed E-state index contributed by atoms with van der Waals surface area (Å²) in [5.41, 5.74) is 6.40. The maximum absolute atomic E-state index is 4.83. The largest absolute Gasteiger partial charge is 0.265 e. The van der Waals surface area contributed by atoms with Crippen LogP contribution in [-0.4, -0.2) is 21.5 Å². The van der Waals surface area contributed by atoms with Crippen molar-refractivity contribution in [1.29, 1.82) is 0 Å². The summed E-state index contributed by atoms with van der Waals surface area (Å²) in [7, 11) is 0. The monoisotopic (exact) mass is 418 g/mol. The van der Waals surface area contributed by atoms with Crippen molar-refractivity contribution in [2.24, 2.45) is 9.98 Å². The SMILES string of the molecule is C=C/C(=C\C=C(/C)c1ccccc1)C(C)=NC(=NC(=C)c1ccncc1)c1ccncc1. The van der Waals surface area contributed by atoms with E-state index in [1.165, 1.54) is 5.56 Å². The van der Waals surface area contributed by atoms with Crippen LogP contribution in [0.5, 0.6) is 0 Å². The number of hydrogen-bond acceptors (Lipinski definition) is 3. The van der Waals surface area contributed by atoms with E-state index in [1.54, 1.807) is 30.9 Å². The summed E-state index contributed by atoms with van der Waals surface area (Å²) in [6.07, 6.45) is 12.8. The first kappa shape index (κ1) is 22.5. The first-order valence-corrected chi connectivity index (χ1v) is 10.3. The van der Waals surface area contributed by atoms with Crippen molar-refractivity contribution < 1.29 is 0 Å². The van der Waals surface area contributed by atoms with E-state index in [-0.39, 0.29) is 0 Å². The zero-order chi connectivity index (χ0) is 22.8. The minimum atomic E-state index is 0.559. The third-order valence-corrected chi connectivity index (χ3v) is 4.85. The van der Waals surface area contributed by atoms with Gasteiger partial charge < -0.3 is 0 Å². The van der Waals surface area contributed by atoms with Crippen molar-refractivity contribution in [2.45, 2.75) is 13.8 Å². The van der Waals surface area contributed by atoms with Crippen molar-refractivity contribution in [1.82, 2.24) is 9.97 Å². The van der Waals surface area contributed by atoms with Crippen LogP contribution >= 0.6 is 0 Å². The fraction of sp³-hybridized carbons (Fsp3) is 0.0714. The van der Waals surface area contributed by atoms with Gasteiger partial charge in [0.05, 0.1) is 5.70 Å². The van der Waals surface area contributed by atoms with Crippen molar-refractivity contribution in [3.63, 3.8) is 0 Å². The predicted molar refractivity (Wildman–Crippen MR) is 136 cm³/mol. The van der Waals surface area contributed by atoms with Crippen molar-refractivity contribution in [2.75, 3.05) is 0 Å². The smallest absolute Gasteiger partial charge is 0.160 e. The highest BCUT2D eigenvalue weighted by atomic mass is 14.9. The Kier molecular flexibility index (Phi) is 7.93. The number of pyridine rings is 2. The van der Waals surface area contributed by atoms with E-state index < -0.39 is 0 Å². The number of benzene rings is 1. The van der Waals surface area contributed by atoms with Crippen LogP contribution < -0.4 is 0 Å². The zero-order valence-electron chi connectivity index (χ0n) is 18.4. The molecule has 1 aromatic carbocycles. The van der Waals surface area contributed by atoms with Crippen LogP contribution in [0.1, 0.15) is 30.5 Å². The Labute approximate surface area is 189 Å². The van der Waals surface area contributed by atoms with Gasteiger partial charge in [-0.25, -0.2) is 9.98 Å². The lowest BCUT2D eigenvalue weighted by Gasteiger charge is -2.07. The molecule has 0 saturated heterocycles. The van der Waals surface area contributed by atoms with E-state index in [2.05, 4.69) is 48.3 Å². The highest BCUT2D eigenvalue weighted by Crippen LogP contribution is 2.17. The lowest BCUT2D eigenvalue weighted by atomic mass is 10.1. The molecule has 3 aromatic rings. The molecule has 0 aliphatic heterocycles. The lowest BCUT2D eigenvalue weighted by molar-refractivity contribution is 1.30. The Morgan fingerprint density at radius 1 is 0.750 bits per heavy atom. The minimum Gasteiger partial charge on any atom is -0.265 e. The van der Waals surface area contributed by atoms with Crippen LogP contribution in [0.15, 0.2) is 126 Å². The van der Waals surface area contributed by atoms with Gasteiger partial charge in [0, 0.05) is 41.6 Å². The molecular weight excluding hydrogens is 392 g/mol. The Bertz CT molecular complexity index is 1190. The molecule has 0 fully saturated rings. The van der Waals surface area contributed by atoms with Gasteiger partial charge >= 0.3 is 0 Å². The highest BCUT2D eigenvalue weighted by Gasteiger charge is 2.07. The lowest BCUT2D eigenvalue weighted by Crippen LogP contribution is -2.04. The predicted octanol–water partition coefficient (Wildman–Crippen LogP) is 6.57. The summed E-state index contributed by atoms with van der Waals surface area (Å²) in [6, 6.07) is 17.8. The van der Waals surface area contributed by atoms with Crippen LogP contribution in [0.25, 0.3) is 11.3 Å². The third kappa shape index (κ3) is 6.16. The highest BCUT2D eigenvalue weighted by molar-refractivity contribution is 6.13. The van der Waals surface area contributed by atoms with Gasteiger partial charge in [0.1, 0.15) is 0 Å². The third-order valence-electron chi connectivity index (χ3n) is 4.85. The topological polar surface area (TPSA) is 50.5 Å². The number of allylic oxidation sites excluding steroid dienone is 5. The Morgan fingerprint density at radius 3 is 1.94 bits per heavy atom. The van der Waals surface area contributed by atoms with E-state index in [1.807, 2.05) is 55.5 Å². The van der Waals surface area contributed by atoms with Crippen molar-refractivity contribution in [3.8, 4) is 0 Å². The molecular formula is C28H26N4. The van der Waals surface area contributed by atoms with E-state index in [0.717, 1.165) is 28.0 Å². The van der Waals surface area contributed by atoms with Gasteiger partial charge in [-0.05, 0) is 54.8 Å². The van der Waals surface area contributed by atoms with Crippen LogP contribution in [0.4, 0.5) is 0 Å². The Balaban J connectivity index is 1.97. The van der Waals surface area contributed by atoms with Crippen LogP contribution in [-0.2, 0) is 0 Å². The summed E-state index contributed by atoms with van der Waals surface area (Å²) < 4.78 is 0. The molecule has 0 bridgehead atoms. The molecule has 0 aliphatic rings. The summed E-state index contributed by atoms with van der Waals surface area (Å²) >= 11 is 0. The van der Waals surface area contributed by atoms with Gasteiger partial charge in [-0.2, -0.15) is 0 Å². The molecule has 0 aliphatic carbocycles. The number of amidine groups is 1. The molecule has 4 heteroatoms. The molecule has 2 heterocycles. The fourth-order valence-electron chi connectivity index (χ4n) is 2.96. The number of nitrogens with zero attached hydrogens (tertiary/aromatic N) is 4. The molecule has 2 aromatic heterocycles. The maximum atomic E-state index is 4.83. The van der Waals surface area contributed by atoms with Gasteiger partial charge in [0.25, 0.3) is 0 Å². The van der Waals surface area contributed by atoms with Gasteiger partial charge in [-0.1, -0.05) is 61.7 Å². The summed E-state index contributed by atoms with van der Waals surface area (Å²) in [5, 5.41) is 0. The van der Waals surface area contributed by atoms with E-state index in [0.29, 0.717) is 11.5 Å². The molecule has 0 radical (unpaired) electrons. The zero-order valence-corrected chi connectivity index (χ0v) is 18.4. The molecule has 0 saturated carbocycles. The quantitative estimate of drug-likeness (QED) is 0.247. The van der Waals surface area contributed by atoms with Crippen LogP contribution in [0.3, 0.4) is 0 Å². The first-order chi connectivity index (χ1) is 15.6. The molecule has 4 nitrogen and oxygen atoms in total. The Morgan fingerprint density at radius 2 is 1.34 bits per heavy atom. The first-order valence-electron chi connectivity index (χ1n) is 10.3. The van der Waals surface area contributed by atoms with Gasteiger partial charge in [0.15, 0.2) is 5.84 Å². The molecule has 0 unspecified atom stereocenters. The average Bonchev–Trinajstić information content (AvgIpc) is 2.85. The van der Waals surface area contributed by atoms with Crippen LogP contribution in [0, 0.1) is 0 Å². The number of aromatic nitrogens is 2. The summed E-state index contributed by atoms with van der Waals surface area (Å²) in [5.74, 6) is 0.559. The number of aliphatic imine (C=N–C) groups is 2. The minimum absolute atomic E-state index is 0.559. The second kappa shape index (κ2) is 11.3. The Hall–Kier alpha value is -4.18. The van der Waals surface area contributed by atoms with Crippen molar-refractivity contribution >= 4 is 22.8 Å². The second-order valence-corrected chi connectivity index (χ2v) is 7.09. The molecule has 0 N–H and O–H groups in total. The normalized spacial score (nSPS) is 13.1. The molecule has 32 heavy (non-hydrogen) atoms. The van der Waals surface area contributed by atoms with E-state index in [4.69, 9.17) is 9.98 Å². The summed E-state index contributed by atoms with van der Waals surface area (Å²) in [6.45, 7) is 12.1. The summed E-state index contributed by atoms with van der Waals surface area (Å²) in [4.78, 5) is 17.7. The molecule has 3 rings (SSSR count). The molecule has 0 amide bonds. The van der Waals surface area contributed by atoms with Gasteiger partial charge in [-0.3, -0.25) is 9.97 Å². The van der Waals surface area contributed by atoms with Crippen LogP contribution in [0.2, 0.25) is 0 Å². The molecule has 0 atom stereocenters. The van der Waals surface area contributed by atoms with Crippen molar-refractivity contribution in [3.05, 3.63) is 133 Å². The second-order valence-electron chi connectivity index (χ2n) is 7.09. The molecule has 158 valence electrons. The van der Waals surface area contributed by atoms with Gasteiger partial charge in [0.2, 0.25) is 0 Å². The molecule has 0 spiro atoms. The van der Waals surface area contributed by atoms with E-state index >= 15 is 0 Å². The number of rotatable bonds is 7. The van der Waals surface area contributed by atoms with Gasteiger partial charge in [-0.15, -0.1) is 0 Å². The average molecular weight is 419 g/mol.